The lowest BCUT2D eigenvalue weighted by Crippen LogP contribution is -2.38. The SMILES string of the molecule is CN1CCc2cc(C(O)CNC(=O)C(=O)Nc3ccccc3C(F)(F)F)ccc21. The first-order valence-corrected chi connectivity index (χ1v) is 8.94. The molecule has 1 atom stereocenters. The lowest BCUT2D eigenvalue weighted by atomic mass is 10.0. The lowest BCUT2D eigenvalue weighted by Gasteiger charge is -2.16. The number of nitrogens with zero attached hydrogens (tertiary/aromatic N) is 1. The van der Waals surface area contributed by atoms with Gasteiger partial charge in [-0.25, -0.2) is 0 Å². The van der Waals surface area contributed by atoms with E-state index in [4.69, 9.17) is 0 Å². The van der Waals surface area contributed by atoms with E-state index in [1.54, 1.807) is 6.07 Å². The average Bonchev–Trinajstić information content (AvgIpc) is 3.05. The van der Waals surface area contributed by atoms with Gasteiger partial charge in [0.2, 0.25) is 0 Å². The fourth-order valence-corrected chi connectivity index (χ4v) is 3.20. The summed E-state index contributed by atoms with van der Waals surface area (Å²) in [6, 6.07) is 9.82. The smallest absolute Gasteiger partial charge is 0.387 e. The molecule has 1 heterocycles. The third-order valence-electron chi connectivity index (χ3n) is 4.76. The molecule has 2 aromatic rings. The summed E-state index contributed by atoms with van der Waals surface area (Å²) in [7, 11) is 1.97. The maximum Gasteiger partial charge on any atom is 0.418 e. The van der Waals surface area contributed by atoms with Crippen molar-refractivity contribution >= 4 is 23.2 Å². The first-order valence-electron chi connectivity index (χ1n) is 8.94. The molecule has 0 radical (unpaired) electrons. The number of anilines is 2. The molecule has 1 unspecified atom stereocenters. The molecule has 3 N–H and O–H groups in total. The van der Waals surface area contributed by atoms with Crippen LogP contribution in [-0.4, -0.2) is 37.1 Å². The van der Waals surface area contributed by atoms with Gasteiger partial charge in [0.05, 0.1) is 17.4 Å². The summed E-state index contributed by atoms with van der Waals surface area (Å²) in [5.74, 6) is -2.38. The number of aliphatic hydroxyl groups excluding tert-OH is 1. The minimum atomic E-state index is -4.67. The van der Waals surface area contributed by atoms with Crippen LogP contribution in [0.15, 0.2) is 42.5 Å². The van der Waals surface area contributed by atoms with Crippen LogP contribution in [0.4, 0.5) is 24.5 Å². The minimum Gasteiger partial charge on any atom is -0.387 e. The maximum atomic E-state index is 13.0. The molecule has 0 aromatic heterocycles. The number of benzene rings is 2. The Hall–Kier alpha value is -3.07. The van der Waals surface area contributed by atoms with Crippen LogP contribution in [0.3, 0.4) is 0 Å². The number of rotatable bonds is 4. The molecule has 6 nitrogen and oxygen atoms in total. The standard InChI is InChI=1S/C20H20F3N3O3/c1-26-9-8-12-10-13(6-7-16(12)26)17(27)11-24-18(28)19(29)25-15-5-3-2-4-14(15)20(21,22)23/h2-7,10,17,27H,8-9,11H2,1H3,(H,24,28)(H,25,29). The second-order valence-corrected chi connectivity index (χ2v) is 6.78. The number of fused-ring (bicyclic) bond motifs is 1. The van der Waals surface area contributed by atoms with Crippen LogP contribution < -0.4 is 15.5 Å². The van der Waals surface area contributed by atoms with Crippen molar-refractivity contribution in [3.05, 3.63) is 59.2 Å². The number of para-hydroxylation sites is 1. The summed E-state index contributed by atoms with van der Waals surface area (Å²) in [6.07, 6.45) is -4.87. The van der Waals surface area contributed by atoms with Crippen molar-refractivity contribution in [1.82, 2.24) is 5.32 Å². The van der Waals surface area contributed by atoms with Gasteiger partial charge in [0, 0.05) is 25.8 Å². The van der Waals surface area contributed by atoms with Crippen molar-refractivity contribution < 1.29 is 27.9 Å². The Morgan fingerprint density at radius 1 is 1.17 bits per heavy atom. The van der Waals surface area contributed by atoms with E-state index < -0.39 is 35.3 Å². The normalized spacial score (nSPS) is 14.3. The van der Waals surface area contributed by atoms with Crippen LogP contribution in [-0.2, 0) is 22.2 Å². The van der Waals surface area contributed by atoms with Gasteiger partial charge in [0.1, 0.15) is 0 Å². The summed E-state index contributed by atoms with van der Waals surface area (Å²) >= 11 is 0. The zero-order chi connectivity index (χ0) is 21.2. The number of amides is 2. The van der Waals surface area contributed by atoms with Gasteiger partial charge in [-0.2, -0.15) is 13.2 Å². The molecule has 1 aliphatic heterocycles. The molecule has 29 heavy (non-hydrogen) atoms. The Morgan fingerprint density at radius 2 is 1.90 bits per heavy atom. The van der Waals surface area contributed by atoms with Gasteiger partial charge in [-0.15, -0.1) is 0 Å². The molecule has 3 rings (SSSR count). The van der Waals surface area contributed by atoms with Crippen LogP contribution in [0.5, 0.6) is 0 Å². The predicted molar refractivity (Wildman–Crippen MR) is 101 cm³/mol. The number of likely N-dealkylation sites (N-methyl/N-ethyl adjacent to an activating group) is 1. The number of hydrogen-bond acceptors (Lipinski definition) is 4. The zero-order valence-corrected chi connectivity index (χ0v) is 15.6. The van der Waals surface area contributed by atoms with Gasteiger partial charge < -0.3 is 20.6 Å². The first-order chi connectivity index (χ1) is 13.7. The van der Waals surface area contributed by atoms with E-state index in [1.807, 2.05) is 24.5 Å². The number of carbonyl (C=O) groups excluding carboxylic acids is 2. The van der Waals surface area contributed by atoms with Gasteiger partial charge in [-0.05, 0) is 35.7 Å². The van der Waals surface area contributed by atoms with Gasteiger partial charge in [0.25, 0.3) is 0 Å². The predicted octanol–water partition coefficient (Wildman–Crippen LogP) is 2.49. The fourth-order valence-electron chi connectivity index (χ4n) is 3.20. The maximum absolute atomic E-state index is 13.0. The molecule has 0 bridgehead atoms. The van der Waals surface area contributed by atoms with E-state index in [0.29, 0.717) is 5.56 Å². The highest BCUT2D eigenvalue weighted by atomic mass is 19.4. The van der Waals surface area contributed by atoms with E-state index in [1.165, 1.54) is 12.1 Å². The molecular weight excluding hydrogens is 387 g/mol. The van der Waals surface area contributed by atoms with E-state index >= 15 is 0 Å². The quantitative estimate of drug-likeness (QED) is 0.681. The molecule has 154 valence electrons. The molecule has 0 aliphatic carbocycles. The van der Waals surface area contributed by atoms with Crippen LogP contribution >= 0.6 is 0 Å². The molecule has 0 saturated carbocycles. The topological polar surface area (TPSA) is 81.7 Å². The third-order valence-corrected chi connectivity index (χ3v) is 4.76. The Labute approximate surface area is 165 Å². The van der Waals surface area contributed by atoms with Crippen molar-refractivity contribution in [3.63, 3.8) is 0 Å². The molecular formula is C20H20F3N3O3. The molecule has 9 heteroatoms. The Morgan fingerprint density at radius 3 is 2.62 bits per heavy atom. The van der Waals surface area contributed by atoms with Gasteiger partial charge in [0.15, 0.2) is 0 Å². The summed E-state index contributed by atoms with van der Waals surface area (Å²) in [5.41, 5.74) is 1.18. The Kier molecular flexibility index (Phi) is 5.78. The fraction of sp³-hybridized carbons (Fsp3) is 0.300. The number of hydrogen-bond donors (Lipinski definition) is 3. The van der Waals surface area contributed by atoms with Gasteiger partial charge in [-0.1, -0.05) is 24.3 Å². The highest BCUT2D eigenvalue weighted by Crippen LogP contribution is 2.34. The highest BCUT2D eigenvalue weighted by molar-refractivity contribution is 6.39. The third kappa shape index (κ3) is 4.68. The number of carbonyl (C=O) groups is 2. The van der Waals surface area contributed by atoms with E-state index in [0.717, 1.165) is 36.3 Å². The molecule has 2 aromatic carbocycles. The van der Waals surface area contributed by atoms with E-state index in [9.17, 15) is 27.9 Å². The van der Waals surface area contributed by atoms with Crippen LogP contribution in [0, 0.1) is 0 Å². The monoisotopic (exact) mass is 407 g/mol. The number of halogens is 3. The number of alkyl halides is 3. The van der Waals surface area contributed by atoms with Crippen molar-refractivity contribution in [2.45, 2.75) is 18.7 Å². The van der Waals surface area contributed by atoms with Crippen molar-refractivity contribution in [1.29, 1.82) is 0 Å². The zero-order valence-electron chi connectivity index (χ0n) is 15.6. The summed E-state index contributed by atoms with van der Waals surface area (Å²) < 4.78 is 38.9. The van der Waals surface area contributed by atoms with Crippen molar-refractivity contribution in [2.75, 3.05) is 30.4 Å². The van der Waals surface area contributed by atoms with Crippen LogP contribution in [0.2, 0.25) is 0 Å². The largest absolute Gasteiger partial charge is 0.418 e. The molecule has 1 aliphatic rings. The number of nitrogens with one attached hydrogen (secondary N) is 2. The lowest BCUT2D eigenvalue weighted by molar-refractivity contribution is -0.138. The van der Waals surface area contributed by atoms with Gasteiger partial charge in [-0.3, -0.25) is 9.59 Å². The average molecular weight is 407 g/mol. The minimum absolute atomic E-state index is 0.248. The summed E-state index contributed by atoms with van der Waals surface area (Å²) in [4.78, 5) is 26.0. The highest BCUT2D eigenvalue weighted by Gasteiger charge is 2.34. The van der Waals surface area contributed by atoms with E-state index in [-0.39, 0.29) is 6.54 Å². The van der Waals surface area contributed by atoms with Gasteiger partial charge >= 0.3 is 18.0 Å². The second kappa shape index (κ2) is 8.12. The van der Waals surface area contributed by atoms with Crippen molar-refractivity contribution in [2.24, 2.45) is 0 Å². The Bertz CT molecular complexity index is 931. The van der Waals surface area contributed by atoms with Crippen LogP contribution in [0.1, 0.15) is 22.8 Å². The van der Waals surface area contributed by atoms with E-state index in [2.05, 4.69) is 10.2 Å². The second-order valence-electron chi connectivity index (χ2n) is 6.78. The van der Waals surface area contributed by atoms with Crippen LogP contribution in [0.25, 0.3) is 0 Å². The number of aliphatic hydroxyl groups is 1. The molecule has 2 amide bonds. The molecule has 0 saturated heterocycles. The first kappa shape index (κ1) is 20.7. The Balaban J connectivity index is 1.59. The summed E-state index contributed by atoms with van der Waals surface area (Å²) in [6.45, 7) is 0.632. The molecule has 0 fully saturated rings. The van der Waals surface area contributed by atoms with Crippen molar-refractivity contribution in [3.8, 4) is 0 Å². The molecule has 0 spiro atoms. The summed E-state index contributed by atoms with van der Waals surface area (Å²) in [5, 5.41) is 14.5.